The lowest BCUT2D eigenvalue weighted by Gasteiger charge is -2.53. The number of nitrogens with zero attached hydrogens (tertiary/aromatic N) is 1. The highest BCUT2D eigenvalue weighted by Gasteiger charge is 2.53. The van der Waals surface area contributed by atoms with Gasteiger partial charge in [-0.3, -0.25) is 4.79 Å². The first-order valence-corrected chi connectivity index (χ1v) is 10.4. The van der Waals surface area contributed by atoms with Gasteiger partial charge in [0, 0.05) is 22.8 Å². The van der Waals surface area contributed by atoms with Crippen LogP contribution >= 0.6 is 11.3 Å². The Morgan fingerprint density at radius 2 is 2.16 bits per heavy atom. The van der Waals surface area contributed by atoms with Gasteiger partial charge in [0.25, 0.3) is 0 Å². The first kappa shape index (κ1) is 17.3. The fourth-order valence-corrected chi connectivity index (χ4v) is 6.45. The lowest BCUT2D eigenvalue weighted by atomic mass is 9.53. The number of aliphatic hydroxyl groups is 1. The van der Waals surface area contributed by atoms with Gasteiger partial charge in [-0.2, -0.15) is 0 Å². The van der Waals surface area contributed by atoms with Gasteiger partial charge >= 0.3 is 0 Å². The summed E-state index contributed by atoms with van der Waals surface area (Å²) in [6.07, 6.45) is 4.61. The van der Waals surface area contributed by atoms with Crippen molar-refractivity contribution >= 4 is 22.4 Å². The molecule has 4 N–H and O–H groups in total. The van der Waals surface area contributed by atoms with Crippen molar-refractivity contribution in [3.63, 3.8) is 0 Å². The number of carbonyl (C=O) groups excluding carboxylic acids is 1. The molecule has 1 amide bonds. The molecular weight excluding hydrogens is 334 g/mol. The zero-order valence-corrected chi connectivity index (χ0v) is 16.1. The highest BCUT2D eigenvalue weighted by Crippen LogP contribution is 2.57. The van der Waals surface area contributed by atoms with E-state index in [1.807, 2.05) is 6.92 Å². The van der Waals surface area contributed by atoms with Gasteiger partial charge < -0.3 is 16.2 Å². The molecule has 3 aliphatic carbocycles. The van der Waals surface area contributed by atoms with Gasteiger partial charge in [0.05, 0.1) is 11.8 Å². The molecule has 1 aromatic heterocycles. The third-order valence-electron chi connectivity index (χ3n) is 6.92. The minimum atomic E-state index is -0.468. The molecule has 1 heterocycles. The number of hydrogen-bond donors (Lipinski definition) is 3. The number of aromatic nitrogens is 1. The molecule has 6 heteroatoms. The van der Waals surface area contributed by atoms with Crippen molar-refractivity contribution < 1.29 is 9.90 Å². The molecule has 1 aromatic rings. The second-order valence-electron chi connectivity index (χ2n) is 8.77. The summed E-state index contributed by atoms with van der Waals surface area (Å²) in [6, 6.07) is 0.370. The van der Waals surface area contributed by atoms with E-state index >= 15 is 0 Å². The number of hydrogen-bond acceptors (Lipinski definition) is 5. The number of amides is 1. The van der Waals surface area contributed by atoms with E-state index in [9.17, 15) is 9.90 Å². The van der Waals surface area contributed by atoms with Gasteiger partial charge in [-0.05, 0) is 49.4 Å². The molecule has 0 bridgehead atoms. The molecular formula is C19H29N3O2S. The van der Waals surface area contributed by atoms with Crippen molar-refractivity contribution in [1.82, 2.24) is 10.3 Å². The average molecular weight is 364 g/mol. The van der Waals surface area contributed by atoms with Crippen molar-refractivity contribution in [3.8, 4) is 0 Å². The first-order chi connectivity index (χ1) is 11.8. The lowest BCUT2D eigenvalue weighted by Crippen LogP contribution is -2.53. The van der Waals surface area contributed by atoms with Crippen LogP contribution in [0.15, 0.2) is 0 Å². The molecule has 3 aliphatic rings. The van der Waals surface area contributed by atoms with E-state index in [0.717, 1.165) is 37.8 Å². The van der Waals surface area contributed by atoms with Crippen LogP contribution in [0.1, 0.15) is 62.9 Å². The molecule has 25 heavy (non-hydrogen) atoms. The highest BCUT2D eigenvalue weighted by atomic mass is 32.1. The van der Waals surface area contributed by atoms with E-state index in [4.69, 9.17) is 5.73 Å². The smallest absolute Gasteiger partial charge is 0.223 e. The number of nitrogens with one attached hydrogen (secondary N) is 1. The Morgan fingerprint density at radius 3 is 2.84 bits per heavy atom. The van der Waals surface area contributed by atoms with E-state index < -0.39 is 6.10 Å². The molecule has 4 rings (SSSR count). The van der Waals surface area contributed by atoms with E-state index in [-0.39, 0.29) is 35.0 Å². The predicted molar refractivity (Wildman–Crippen MR) is 99.3 cm³/mol. The molecule has 0 radical (unpaired) electrons. The summed E-state index contributed by atoms with van der Waals surface area (Å²) in [7, 11) is 0. The van der Waals surface area contributed by atoms with Gasteiger partial charge in [0.1, 0.15) is 0 Å². The molecule has 0 unspecified atom stereocenters. The fraction of sp³-hybridized carbons (Fsp3) is 0.789. The van der Waals surface area contributed by atoms with Crippen LogP contribution in [0.25, 0.3) is 0 Å². The molecule has 138 valence electrons. The molecule has 5 nitrogen and oxygen atoms in total. The number of aliphatic hydroxyl groups excluding tert-OH is 1. The van der Waals surface area contributed by atoms with Crippen molar-refractivity contribution in [2.24, 2.45) is 23.2 Å². The Hall–Kier alpha value is -1.14. The van der Waals surface area contributed by atoms with E-state index in [1.165, 1.54) is 4.88 Å². The number of nitrogens with two attached hydrogens (primary N) is 1. The number of anilines is 1. The largest absolute Gasteiger partial charge is 0.392 e. The Bertz CT molecular complexity index is 686. The molecule has 0 aliphatic heterocycles. The Morgan fingerprint density at radius 1 is 1.44 bits per heavy atom. The molecule has 0 saturated heterocycles. The van der Waals surface area contributed by atoms with Crippen molar-refractivity contribution in [2.45, 2.75) is 70.9 Å². The first-order valence-electron chi connectivity index (χ1n) is 9.53. The minimum absolute atomic E-state index is 0.0248. The number of thiazole rings is 1. The maximum absolute atomic E-state index is 12.5. The topological polar surface area (TPSA) is 88.2 Å². The van der Waals surface area contributed by atoms with Crippen molar-refractivity contribution in [1.29, 1.82) is 0 Å². The molecule has 6 atom stereocenters. The SMILES string of the molecule is C[C@H](C(=O)NC1CC1)[C@H]1CC[C@]2(C)Cc3sc(N)nc3[C@@H](C)[C@@H]2[C@H]1O. The van der Waals surface area contributed by atoms with Crippen LogP contribution in [-0.4, -0.2) is 28.1 Å². The van der Waals surface area contributed by atoms with Crippen LogP contribution in [0.4, 0.5) is 5.13 Å². The van der Waals surface area contributed by atoms with E-state index in [1.54, 1.807) is 11.3 Å². The van der Waals surface area contributed by atoms with Crippen molar-refractivity contribution in [2.75, 3.05) is 5.73 Å². The summed E-state index contributed by atoms with van der Waals surface area (Å²) in [5.74, 6) is 0.304. The number of fused-ring (bicyclic) bond motifs is 2. The number of nitrogen functional groups attached to an aromatic ring is 1. The summed E-state index contributed by atoms with van der Waals surface area (Å²) < 4.78 is 0. The van der Waals surface area contributed by atoms with E-state index in [2.05, 4.69) is 24.1 Å². The Balaban J connectivity index is 1.58. The molecule has 0 aromatic carbocycles. The van der Waals surface area contributed by atoms with Crippen LogP contribution in [-0.2, 0) is 11.2 Å². The number of carbonyl (C=O) groups is 1. The van der Waals surface area contributed by atoms with Gasteiger partial charge in [-0.15, -0.1) is 11.3 Å². The van der Waals surface area contributed by atoms with Crippen LogP contribution in [0, 0.1) is 23.2 Å². The normalized spacial score (nSPS) is 38.6. The van der Waals surface area contributed by atoms with Crippen LogP contribution in [0.2, 0.25) is 0 Å². The second-order valence-corrected chi connectivity index (χ2v) is 9.89. The second kappa shape index (κ2) is 5.95. The standard InChI is InChI=1S/C19H29N3O2S/c1-9(17(24)21-11-4-5-11)12-6-7-19(3)8-13-15(22-18(20)25-13)10(2)14(19)16(12)23/h9-12,14,16,23H,4-8H2,1-3H3,(H2,20,22)(H,21,24)/t9-,10-,12+,14+,16-,19+/m0/s1. The van der Waals surface area contributed by atoms with Gasteiger partial charge in [-0.1, -0.05) is 20.8 Å². The Kier molecular flexibility index (Phi) is 4.11. The zero-order chi connectivity index (χ0) is 17.9. The molecule has 2 saturated carbocycles. The summed E-state index contributed by atoms with van der Waals surface area (Å²) in [5.41, 5.74) is 7.08. The number of rotatable bonds is 3. The van der Waals surface area contributed by atoms with Gasteiger partial charge in [-0.25, -0.2) is 4.98 Å². The lowest BCUT2D eigenvalue weighted by molar-refractivity contribution is -0.134. The summed E-state index contributed by atoms with van der Waals surface area (Å²) in [6.45, 7) is 6.44. The minimum Gasteiger partial charge on any atom is -0.392 e. The van der Waals surface area contributed by atoms with Crippen LogP contribution < -0.4 is 11.1 Å². The molecule has 2 fully saturated rings. The maximum Gasteiger partial charge on any atom is 0.223 e. The Labute approximate surface area is 153 Å². The van der Waals surface area contributed by atoms with Gasteiger partial charge in [0.2, 0.25) is 5.91 Å². The van der Waals surface area contributed by atoms with Gasteiger partial charge in [0.15, 0.2) is 5.13 Å². The highest BCUT2D eigenvalue weighted by molar-refractivity contribution is 7.15. The summed E-state index contributed by atoms with van der Waals surface area (Å²) >= 11 is 1.60. The quantitative estimate of drug-likeness (QED) is 0.770. The summed E-state index contributed by atoms with van der Waals surface area (Å²) in [4.78, 5) is 18.3. The summed E-state index contributed by atoms with van der Waals surface area (Å²) in [5, 5.41) is 15.0. The predicted octanol–water partition coefficient (Wildman–Crippen LogP) is 2.69. The van der Waals surface area contributed by atoms with E-state index in [0.29, 0.717) is 11.2 Å². The average Bonchev–Trinajstić information content (AvgIpc) is 3.27. The maximum atomic E-state index is 12.5. The fourth-order valence-electron chi connectivity index (χ4n) is 5.32. The third kappa shape index (κ3) is 2.87. The monoisotopic (exact) mass is 363 g/mol. The molecule has 0 spiro atoms. The van der Waals surface area contributed by atoms with Crippen LogP contribution in [0.5, 0.6) is 0 Å². The zero-order valence-electron chi connectivity index (χ0n) is 15.3. The third-order valence-corrected chi connectivity index (χ3v) is 7.82. The van der Waals surface area contributed by atoms with Crippen molar-refractivity contribution in [3.05, 3.63) is 10.6 Å². The van der Waals surface area contributed by atoms with Crippen LogP contribution in [0.3, 0.4) is 0 Å².